The van der Waals surface area contributed by atoms with Crippen LogP contribution in [0.3, 0.4) is 0 Å². The monoisotopic (exact) mass is 227 g/mol. The van der Waals surface area contributed by atoms with E-state index in [-0.39, 0.29) is 18.0 Å². The van der Waals surface area contributed by atoms with Gasteiger partial charge in [0.15, 0.2) is 0 Å². The van der Waals surface area contributed by atoms with Gasteiger partial charge >= 0.3 is 0 Å². The molecule has 1 aliphatic rings. The molecule has 1 rings (SSSR count). The van der Waals surface area contributed by atoms with Crippen molar-refractivity contribution in [1.29, 1.82) is 0 Å². The topological polar surface area (TPSA) is 44.4 Å². The molecule has 1 amide bonds. The molecule has 1 unspecified atom stereocenters. The minimum Gasteiger partial charge on any atom is -0.351 e. The van der Waals surface area contributed by atoms with Gasteiger partial charge in [-0.1, -0.05) is 13.8 Å². The third-order valence-corrected chi connectivity index (χ3v) is 3.19. The first kappa shape index (κ1) is 13.5. The lowest BCUT2D eigenvalue weighted by atomic mass is 10.2. The van der Waals surface area contributed by atoms with Crippen LogP contribution in [-0.2, 0) is 4.79 Å². The lowest BCUT2D eigenvalue weighted by molar-refractivity contribution is -0.123. The summed E-state index contributed by atoms with van der Waals surface area (Å²) < 4.78 is 0. The predicted molar refractivity (Wildman–Crippen MR) is 66.4 cm³/mol. The molecule has 1 heterocycles. The minimum absolute atomic E-state index is 0.0409. The van der Waals surface area contributed by atoms with E-state index >= 15 is 0 Å². The Hall–Kier alpha value is -0.610. The minimum atomic E-state index is 0.0409. The SMILES string of the molecule is CCN(CC)CC(C)NC(=O)[C@@H]1CCCN1. The van der Waals surface area contributed by atoms with Gasteiger partial charge in [0, 0.05) is 12.6 Å². The molecule has 16 heavy (non-hydrogen) atoms. The molecule has 1 fully saturated rings. The molecule has 0 aliphatic carbocycles. The molecule has 4 heteroatoms. The van der Waals surface area contributed by atoms with E-state index in [4.69, 9.17) is 0 Å². The van der Waals surface area contributed by atoms with Crippen molar-refractivity contribution in [1.82, 2.24) is 15.5 Å². The van der Waals surface area contributed by atoms with Gasteiger partial charge in [0.1, 0.15) is 0 Å². The fourth-order valence-electron chi connectivity index (χ4n) is 2.17. The first-order chi connectivity index (χ1) is 7.67. The molecular weight excluding hydrogens is 202 g/mol. The second-order valence-electron chi connectivity index (χ2n) is 4.54. The quantitative estimate of drug-likeness (QED) is 0.698. The number of rotatable bonds is 6. The summed E-state index contributed by atoms with van der Waals surface area (Å²) in [5, 5.41) is 6.30. The highest BCUT2D eigenvalue weighted by Crippen LogP contribution is 2.05. The first-order valence-corrected chi connectivity index (χ1v) is 6.43. The van der Waals surface area contributed by atoms with Crippen LogP contribution in [0.2, 0.25) is 0 Å². The van der Waals surface area contributed by atoms with Gasteiger partial charge in [-0.25, -0.2) is 0 Å². The zero-order valence-corrected chi connectivity index (χ0v) is 10.8. The van der Waals surface area contributed by atoms with Crippen molar-refractivity contribution in [2.45, 2.75) is 45.7 Å². The average Bonchev–Trinajstić information content (AvgIpc) is 2.79. The molecule has 0 bridgehead atoms. The first-order valence-electron chi connectivity index (χ1n) is 6.43. The molecule has 2 atom stereocenters. The van der Waals surface area contributed by atoms with Crippen molar-refractivity contribution in [3.05, 3.63) is 0 Å². The van der Waals surface area contributed by atoms with Crippen molar-refractivity contribution in [3.63, 3.8) is 0 Å². The van der Waals surface area contributed by atoms with E-state index in [2.05, 4.69) is 36.3 Å². The van der Waals surface area contributed by atoms with Crippen molar-refractivity contribution in [2.24, 2.45) is 0 Å². The van der Waals surface area contributed by atoms with Crippen molar-refractivity contribution < 1.29 is 4.79 Å². The van der Waals surface area contributed by atoms with Crippen LogP contribution in [0.15, 0.2) is 0 Å². The molecular formula is C12H25N3O. The normalized spacial score (nSPS) is 22.4. The Morgan fingerprint density at radius 3 is 2.69 bits per heavy atom. The van der Waals surface area contributed by atoms with Gasteiger partial charge < -0.3 is 15.5 Å². The van der Waals surface area contributed by atoms with Gasteiger partial charge in [-0.05, 0) is 39.4 Å². The average molecular weight is 227 g/mol. The van der Waals surface area contributed by atoms with Crippen LogP contribution in [-0.4, -0.2) is 49.1 Å². The highest BCUT2D eigenvalue weighted by atomic mass is 16.2. The second-order valence-corrected chi connectivity index (χ2v) is 4.54. The van der Waals surface area contributed by atoms with E-state index in [1.54, 1.807) is 0 Å². The maximum atomic E-state index is 11.8. The number of hydrogen-bond acceptors (Lipinski definition) is 3. The summed E-state index contributed by atoms with van der Waals surface area (Å²) in [6, 6.07) is 0.272. The van der Waals surface area contributed by atoms with Gasteiger partial charge in [-0.2, -0.15) is 0 Å². The van der Waals surface area contributed by atoms with E-state index in [0.717, 1.165) is 39.0 Å². The Morgan fingerprint density at radius 1 is 1.50 bits per heavy atom. The van der Waals surface area contributed by atoms with Crippen LogP contribution in [0.25, 0.3) is 0 Å². The summed E-state index contributed by atoms with van der Waals surface area (Å²) in [6.45, 7) is 10.4. The Morgan fingerprint density at radius 2 is 2.19 bits per heavy atom. The highest BCUT2D eigenvalue weighted by Gasteiger charge is 2.23. The number of carbonyl (C=O) groups excluding carboxylic acids is 1. The van der Waals surface area contributed by atoms with E-state index in [9.17, 15) is 4.79 Å². The largest absolute Gasteiger partial charge is 0.351 e. The third-order valence-electron chi connectivity index (χ3n) is 3.19. The van der Waals surface area contributed by atoms with Gasteiger partial charge in [0.25, 0.3) is 0 Å². The molecule has 1 saturated heterocycles. The number of carbonyl (C=O) groups is 1. The molecule has 94 valence electrons. The van der Waals surface area contributed by atoms with Crippen LogP contribution in [0.1, 0.15) is 33.6 Å². The number of nitrogens with zero attached hydrogens (tertiary/aromatic N) is 1. The van der Waals surface area contributed by atoms with E-state index in [1.807, 2.05) is 0 Å². The highest BCUT2D eigenvalue weighted by molar-refractivity contribution is 5.82. The van der Waals surface area contributed by atoms with E-state index < -0.39 is 0 Å². The fraction of sp³-hybridized carbons (Fsp3) is 0.917. The lowest BCUT2D eigenvalue weighted by Crippen LogP contribution is -2.48. The molecule has 0 spiro atoms. The van der Waals surface area contributed by atoms with Crippen LogP contribution < -0.4 is 10.6 Å². The molecule has 0 aromatic rings. The number of amides is 1. The second kappa shape index (κ2) is 6.86. The summed E-state index contributed by atoms with van der Waals surface area (Å²) in [5.41, 5.74) is 0. The number of nitrogens with one attached hydrogen (secondary N) is 2. The summed E-state index contributed by atoms with van der Waals surface area (Å²) in [5.74, 6) is 0.164. The van der Waals surface area contributed by atoms with Crippen LogP contribution in [0.4, 0.5) is 0 Å². The van der Waals surface area contributed by atoms with Gasteiger partial charge in [-0.3, -0.25) is 4.79 Å². The van der Waals surface area contributed by atoms with Crippen LogP contribution >= 0.6 is 0 Å². The predicted octanol–water partition coefficient (Wildman–Crippen LogP) is 0.585. The Bertz CT molecular complexity index is 210. The maximum Gasteiger partial charge on any atom is 0.237 e. The summed E-state index contributed by atoms with van der Waals surface area (Å²) in [6.07, 6.45) is 2.09. The zero-order valence-electron chi connectivity index (χ0n) is 10.8. The standard InChI is InChI=1S/C12H25N3O/c1-4-15(5-2)9-10(3)14-12(16)11-7-6-8-13-11/h10-11,13H,4-9H2,1-3H3,(H,14,16)/t10?,11-/m0/s1. The van der Waals surface area contributed by atoms with E-state index in [0.29, 0.717) is 0 Å². The van der Waals surface area contributed by atoms with Gasteiger partial charge in [-0.15, -0.1) is 0 Å². The third kappa shape index (κ3) is 4.10. The molecule has 0 aromatic heterocycles. The molecule has 1 aliphatic heterocycles. The summed E-state index contributed by atoms with van der Waals surface area (Å²) in [4.78, 5) is 14.1. The molecule has 2 N–H and O–H groups in total. The maximum absolute atomic E-state index is 11.8. The summed E-state index contributed by atoms with van der Waals surface area (Å²) in [7, 11) is 0. The van der Waals surface area contributed by atoms with Crippen LogP contribution in [0.5, 0.6) is 0 Å². The van der Waals surface area contributed by atoms with E-state index in [1.165, 1.54) is 0 Å². The van der Waals surface area contributed by atoms with Crippen molar-refractivity contribution in [3.8, 4) is 0 Å². The van der Waals surface area contributed by atoms with Gasteiger partial charge in [0.05, 0.1) is 6.04 Å². The smallest absolute Gasteiger partial charge is 0.237 e. The Kier molecular flexibility index (Phi) is 5.77. The summed E-state index contributed by atoms with van der Waals surface area (Å²) >= 11 is 0. The van der Waals surface area contributed by atoms with Crippen LogP contribution in [0, 0.1) is 0 Å². The molecule has 0 saturated carbocycles. The molecule has 0 radical (unpaired) electrons. The molecule has 0 aromatic carbocycles. The molecule has 4 nitrogen and oxygen atoms in total. The Balaban J connectivity index is 2.26. The van der Waals surface area contributed by atoms with Gasteiger partial charge in [0.2, 0.25) is 5.91 Å². The Labute approximate surface area is 98.8 Å². The van der Waals surface area contributed by atoms with Crippen molar-refractivity contribution in [2.75, 3.05) is 26.2 Å². The lowest BCUT2D eigenvalue weighted by Gasteiger charge is -2.24. The van der Waals surface area contributed by atoms with Crippen molar-refractivity contribution >= 4 is 5.91 Å². The fourth-order valence-corrected chi connectivity index (χ4v) is 2.17. The number of likely N-dealkylation sites (N-methyl/N-ethyl adjacent to an activating group) is 1. The zero-order chi connectivity index (χ0) is 12.0. The number of hydrogen-bond donors (Lipinski definition) is 2.